The van der Waals surface area contributed by atoms with Gasteiger partial charge in [0.15, 0.2) is 0 Å². The molecule has 186 valence electrons. The van der Waals surface area contributed by atoms with Gasteiger partial charge in [-0.2, -0.15) is 0 Å². The van der Waals surface area contributed by atoms with E-state index >= 15 is 0 Å². The summed E-state index contributed by atoms with van der Waals surface area (Å²) in [5, 5.41) is 11.3. The van der Waals surface area contributed by atoms with Crippen LogP contribution in [0, 0.1) is 0 Å². The summed E-state index contributed by atoms with van der Waals surface area (Å²) in [6.07, 6.45) is 1.75. The van der Waals surface area contributed by atoms with Crippen molar-refractivity contribution >= 4 is 17.4 Å². The number of ketones is 1. The quantitative estimate of drug-likeness (QED) is 0.336. The van der Waals surface area contributed by atoms with Gasteiger partial charge in [0, 0.05) is 31.7 Å². The molecule has 2 aliphatic rings. The maximum atomic E-state index is 13.3. The number of amides is 1. The van der Waals surface area contributed by atoms with E-state index in [-0.39, 0.29) is 11.3 Å². The molecule has 7 nitrogen and oxygen atoms in total. The molecule has 0 bridgehead atoms. The molecule has 1 N–H and O–H groups in total. The number of rotatable bonds is 9. The van der Waals surface area contributed by atoms with Crippen LogP contribution in [0.5, 0.6) is 5.75 Å². The van der Waals surface area contributed by atoms with Crippen molar-refractivity contribution in [2.45, 2.75) is 32.7 Å². The molecule has 7 heteroatoms. The van der Waals surface area contributed by atoms with Crippen molar-refractivity contribution in [1.82, 2.24) is 9.80 Å². The van der Waals surface area contributed by atoms with Crippen LogP contribution in [0.1, 0.15) is 43.0 Å². The number of carbonyl (C=O) groups is 2. The lowest BCUT2D eigenvalue weighted by molar-refractivity contribution is -0.140. The number of benzene rings is 2. The van der Waals surface area contributed by atoms with Crippen LogP contribution in [0.25, 0.3) is 5.76 Å². The molecular formula is C28H34N2O5. The first kappa shape index (κ1) is 24.9. The zero-order valence-corrected chi connectivity index (χ0v) is 20.5. The monoisotopic (exact) mass is 478 g/mol. The lowest BCUT2D eigenvalue weighted by Gasteiger charge is -2.31. The van der Waals surface area contributed by atoms with E-state index in [0.717, 1.165) is 31.5 Å². The standard InChI is InChI=1S/C28H34N2O5/c1-3-16-35-23-7-5-6-22(19-23)26(31)24-25(21-10-8-20(4-2)9-11-21)30(28(33)27(24)32)13-12-29-14-17-34-18-15-29/h5-11,19,25,31H,3-4,12-18H2,1-2H3/b26-24+. The molecule has 4 rings (SSSR count). The normalized spacial score (nSPS) is 20.4. The van der Waals surface area contributed by atoms with Crippen molar-refractivity contribution < 1.29 is 24.2 Å². The minimum Gasteiger partial charge on any atom is -0.507 e. The van der Waals surface area contributed by atoms with E-state index in [4.69, 9.17) is 9.47 Å². The Hall–Kier alpha value is -3.16. The van der Waals surface area contributed by atoms with Gasteiger partial charge in [0.25, 0.3) is 11.7 Å². The summed E-state index contributed by atoms with van der Waals surface area (Å²) in [4.78, 5) is 30.3. The molecule has 2 heterocycles. The lowest BCUT2D eigenvalue weighted by Crippen LogP contribution is -2.42. The Kier molecular flexibility index (Phi) is 8.21. The summed E-state index contributed by atoms with van der Waals surface area (Å²) >= 11 is 0. The molecule has 0 aliphatic carbocycles. The predicted molar refractivity (Wildman–Crippen MR) is 134 cm³/mol. The number of hydrogen-bond donors (Lipinski definition) is 1. The Balaban J connectivity index is 1.71. The molecule has 2 aliphatic heterocycles. The minimum absolute atomic E-state index is 0.119. The van der Waals surface area contributed by atoms with Crippen LogP contribution in [0.3, 0.4) is 0 Å². The van der Waals surface area contributed by atoms with Gasteiger partial charge in [0.05, 0.1) is 31.4 Å². The first-order chi connectivity index (χ1) is 17.0. The van der Waals surface area contributed by atoms with Crippen molar-refractivity contribution in [1.29, 1.82) is 0 Å². The smallest absolute Gasteiger partial charge is 0.295 e. The molecule has 2 saturated heterocycles. The van der Waals surface area contributed by atoms with E-state index in [1.165, 1.54) is 5.56 Å². The Morgan fingerprint density at radius 1 is 1.06 bits per heavy atom. The fraction of sp³-hybridized carbons (Fsp3) is 0.429. The van der Waals surface area contributed by atoms with Gasteiger partial charge in [-0.3, -0.25) is 14.5 Å². The number of carbonyl (C=O) groups excluding carboxylic acids is 2. The second-order valence-corrected chi connectivity index (χ2v) is 8.92. The minimum atomic E-state index is -0.658. The summed E-state index contributed by atoms with van der Waals surface area (Å²) in [5.41, 5.74) is 2.55. The highest BCUT2D eigenvalue weighted by molar-refractivity contribution is 6.46. The van der Waals surface area contributed by atoms with Crippen molar-refractivity contribution in [3.8, 4) is 5.75 Å². The van der Waals surface area contributed by atoms with Crippen LogP contribution in [-0.4, -0.2) is 72.6 Å². The van der Waals surface area contributed by atoms with Gasteiger partial charge in [-0.15, -0.1) is 0 Å². The Labute approximate surface area is 206 Å². The molecule has 0 aromatic heterocycles. The molecule has 1 atom stereocenters. The highest BCUT2D eigenvalue weighted by Gasteiger charge is 2.46. The number of Topliss-reactive ketones (excluding diaryl/α,β-unsaturated/α-hetero) is 1. The van der Waals surface area contributed by atoms with Gasteiger partial charge in [-0.05, 0) is 36.1 Å². The molecule has 2 aromatic carbocycles. The fourth-order valence-electron chi connectivity index (χ4n) is 4.58. The average Bonchev–Trinajstić information content (AvgIpc) is 3.16. The van der Waals surface area contributed by atoms with E-state index in [1.54, 1.807) is 23.1 Å². The van der Waals surface area contributed by atoms with Crippen LogP contribution in [0.4, 0.5) is 0 Å². The number of likely N-dealkylation sites (tertiary alicyclic amines) is 1. The zero-order chi connectivity index (χ0) is 24.8. The van der Waals surface area contributed by atoms with Crippen LogP contribution in [0.15, 0.2) is 54.1 Å². The van der Waals surface area contributed by atoms with Gasteiger partial charge >= 0.3 is 0 Å². The Bertz CT molecular complexity index is 1070. The largest absolute Gasteiger partial charge is 0.507 e. The number of aryl methyl sites for hydroxylation is 1. The SMILES string of the molecule is CCCOc1cccc(/C(O)=C2\C(=O)C(=O)N(CCN3CCOCC3)C2c2ccc(CC)cc2)c1. The van der Waals surface area contributed by atoms with Crippen molar-refractivity contribution in [2.24, 2.45) is 0 Å². The van der Waals surface area contributed by atoms with Gasteiger partial charge < -0.3 is 19.5 Å². The molecule has 2 fully saturated rings. The summed E-state index contributed by atoms with van der Waals surface area (Å²) < 4.78 is 11.1. The summed E-state index contributed by atoms with van der Waals surface area (Å²) in [5.74, 6) is -0.804. The van der Waals surface area contributed by atoms with Gasteiger partial charge in [0.1, 0.15) is 11.5 Å². The number of aliphatic hydroxyl groups is 1. The fourth-order valence-corrected chi connectivity index (χ4v) is 4.58. The molecule has 1 amide bonds. The highest BCUT2D eigenvalue weighted by atomic mass is 16.5. The van der Waals surface area contributed by atoms with Crippen molar-refractivity contribution in [2.75, 3.05) is 46.0 Å². The second kappa shape index (κ2) is 11.5. The van der Waals surface area contributed by atoms with Gasteiger partial charge in [-0.25, -0.2) is 0 Å². The first-order valence-electron chi connectivity index (χ1n) is 12.4. The van der Waals surface area contributed by atoms with E-state index in [0.29, 0.717) is 44.2 Å². The van der Waals surface area contributed by atoms with E-state index in [2.05, 4.69) is 11.8 Å². The van der Waals surface area contributed by atoms with E-state index in [9.17, 15) is 14.7 Å². The van der Waals surface area contributed by atoms with E-state index in [1.807, 2.05) is 37.3 Å². The van der Waals surface area contributed by atoms with Crippen LogP contribution >= 0.6 is 0 Å². The number of nitrogens with zero attached hydrogens (tertiary/aromatic N) is 2. The molecule has 1 unspecified atom stereocenters. The number of morpholine rings is 1. The number of ether oxygens (including phenoxy) is 2. The van der Waals surface area contributed by atoms with Crippen LogP contribution in [-0.2, 0) is 20.7 Å². The Morgan fingerprint density at radius 2 is 1.80 bits per heavy atom. The Morgan fingerprint density at radius 3 is 2.49 bits per heavy atom. The molecule has 0 radical (unpaired) electrons. The predicted octanol–water partition coefficient (Wildman–Crippen LogP) is 3.79. The van der Waals surface area contributed by atoms with Crippen LogP contribution < -0.4 is 4.74 Å². The third-order valence-corrected chi connectivity index (χ3v) is 6.58. The third kappa shape index (κ3) is 5.57. The second-order valence-electron chi connectivity index (χ2n) is 8.92. The maximum absolute atomic E-state index is 13.3. The molecule has 0 spiro atoms. The maximum Gasteiger partial charge on any atom is 0.295 e. The van der Waals surface area contributed by atoms with Crippen molar-refractivity contribution in [3.63, 3.8) is 0 Å². The van der Waals surface area contributed by atoms with Gasteiger partial charge in [-0.1, -0.05) is 50.2 Å². The van der Waals surface area contributed by atoms with E-state index < -0.39 is 17.7 Å². The summed E-state index contributed by atoms with van der Waals surface area (Å²) in [7, 11) is 0. The average molecular weight is 479 g/mol. The number of hydrogen-bond acceptors (Lipinski definition) is 6. The molecular weight excluding hydrogens is 444 g/mol. The molecule has 0 saturated carbocycles. The highest BCUT2D eigenvalue weighted by Crippen LogP contribution is 2.39. The molecule has 35 heavy (non-hydrogen) atoms. The molecule has 2 aromatic rings. The van der Waals surface area contributed by atoms with Crippen molar-refractivity contribution in [3.05, 3.63) is 70.8 Å². The zero-order valence-electron chi connectivity index (χ0n) is 20.5. The lowest BCUT2D eigenvalue weighted by atomic mass is 9.94. The van der Waals surface area contributed by atoms with Gasteiger partial charge in [0.2, 0.25) is 0 Å². The van der Waals surface area contributed by atoms with Crippen LogP contribution in [0.2, 0.25) is 0 Å². The topological polar surface area (TPSA) is 79.3 Å². The summed E-state index contributed by atoms with van der Waals surface area (Å²) in [6, 6.07) is 14.3. The first-order valence-corrected chi connectivity index (χ1v) is 12.4. The third-order valence-electron chi connectivity index (χ3n) is 6.58. The number of aliphatic hydroxyl groups excluding tert-OH is 1. The summed E-state index contributed by atoms with van der Waals surface area (Å²) in [6.45, 7) is 8.60.